The second-order valence-electron chi connectivity index (χ2n) is 5.34. The van der Waals surface area contributed by atoms with Crippen LogP contribution in [0.5, 0.6) is 0 Å². The summed E-state index contributed by atoms with van der Waals surface area (Å²) < 4.78 is 1.90. The van der Waals surface area contributed by atoms with Gasteiger partial charge in [0.2, 0.25) is 0 Å². The molecule has 1 aromatic heterocycles. The fourth-order valence-electron chi connectivity index (χ4n) is 3.02. The minimum atomic E-state index is -0.00796. The standard InChI is InChI=1S/C15H18ClN3O/c1-11(16)10-18-8-6-12(7-9-18)19-14-5-3-2-4-13(14)17-15(19)20/h2-5,12H,1,6-10H2,(H,17,20). The Labute approximate surface area is 122 Å². The van der Waals surface area contributed by atoms with Crippen LogP contribution in [0.3, 0.4) is 0 Å². The normalized spacial score (nSPS) is 17.6. The van der Waals surface area contributed by atoms with Crippen LogP contribution in [-0.4, -0.2) is 34.1 Å². The number of aromatic nitrogens is 2. The van der Waals surface area contributed by atoms with Crippen molar-refractivity contribution < 1.29 is 0 Å². The summed E-state index contributed by atoms with van der Waals surface area (Å²) in [6, 6.07) is 8.12. The Kier molecular flexibility index (Phi) is 3.68. The maximum absolute atomic E-state index is 12.2. The minimum Gasteiger partial charge on any atom is -0.306 e. The highest BCUT2D eigenvalue weighted by Gasteiger charge is 2.23. The van der Waals surface area contributed by atoms with Crippen molar-refractivity contribution in [2.75, 3.05) is 19.6 Å². The van der Waals surface area contributed by atoms with Crippen LogP contribution in [0, 0.1) is 0 Å². The minimum absolute atomic E-state index is 0.00796. The van der Waals surface area contributed by atoms with E-state index < -0.39 is 0 Å². The number of para-hydroxylation sites is 2. The molecule has 0 amide bonds. The van der Waals surface area contributed by atoms with Gasteiger partial charge in [-0.15, -0.1) is 0 Å². The average Bonchev–Trinajstić information content (AvgIpc) is 2.75. The molecule has 2 heterocycles. The van der Waals surface area contributed by atoms with Crippen molar-refractivity contribution in [2.24, 2.45) is 0 Å². The first-order valence-corrected chi connectivity index (χ1v) is 7.28. The molecule has 0 atom stereocenters. The number of imidazole rings is 1. The predicted molar refractivity (Wildman–Crippen MR) is 82.3 cm³/mol. The van der Waals surface area contributed by atoms with Crippen molar-refractivity contribution in [1.82, 2.24) is 14.5 Å². The second-order valence-corrected chi connectivity index (χ2v) is 5.88. The molecule has 1 fully saturated rings. The topological polar surface area (TPSA) is 41.0 Å². The van der Waals surface area contributed by atoms with E-state index >= 15 is 0 Å². The van der Waals surface area contributed by atoms with E-state index in [1.54, 1.807) is 0 Å². The Bertz CT molecular complexity index is 680. The van der Waals surface area contributed by atoms with E-state index in [2.05, 4.69) is 16.5 Å². The Hall–Kier alpha value is -1.52. The molecule has 3 rings (SSSR count). The number of halogens is 1. The van der Waals surface area contributed by atoms with Crippen molar-refractivity contribution in [1.29, 1.82) is 0 Å². The summed E-state index contributed by atoms with van der Waals surface area (Å²) in [5.41, 5.74) is 1.90. The molecule has 106 valence electrons. The number of aromatic amines is 1. The van der Waals surface area contributed by atoms with Gasteiger partial charge < -0.3 is 4.98 Å². The van der Waals surface area contributed by atoms with Gasteiger partial charge in [-0.2, -0.15) is 0 Å². The molecule has 0 unspecified atom stereocenters. The number of rotatable bonds is 3. The maximum Gasteiger partial charge on any atom is 0.326 e. The molecule has 0 aliphatic carbocycles. The zero-order chi connectivity index (χ0) is 14.1. The first kappa shape index (κ1) is 13.5. The van der Waals surface area contributed by atoms with Gasteiger partial charge in [0.1, 0.15) is 0 Å². The van der Waals surface area contributed by atoms with Crippen molar-refractivity contribution in [3.8, 4) is 0 Å². The first-order valence-electron chi connectivity index (χ1n) is 6.90. The number of piperidine rings is 1. The molecule has 1 aliphatic heterocycles. The van der Waals surface area contributed by atoms with Gasteiger partial charge in [-0.25, -0.2) is 4.79 Å². The van der Waals surface area contributed by atoms with Crippen molar-refractivity contribution in [3.63, 3.8) is 0 Å². The molecule has 1 N–H and O–H groups in total. The van der Waals surface area contributed by atoms with Gasteiger partial charge in [-0.05, 0) is 25.0 Å². The summed E-state index contributed by atoms with van der Waals surface area (Å²) in [6.45, 7) is 6.36. The first-order chi connectivity index (χ1) is 9.65. The lowest BCUT2D eigenvalue weighted by atomic mass is 10.0. The number of nitrogens with one attached hydrogen (secondary N) is 1. The third-order valence-electron chi connectivity index (χ3n) is 3.94. The van der Waals surface area contributed by atoms with Crippen LogP contribution in [0.1, 0.15) is 18.9 Å². The van der Waals surface area contributed by atoms with Gasteiger partial charge >= 0.3 is 5.69 Å². The second kappa shape index (κ2) is 5.46. The fraction of sp³-hybridized carbons (Fsp3) is 0.400. The summed E-state index contributed by atoms with van der Waals surface area (Å²) >= 11 is 5.85. The SMILES string of the molecule is C=C(Cl)CN1CCC(n2c(=O)[nH]c3ccccc32)CC1. The van der Waals surface area contributed by atoms with Crippen LogP contribution in [-0.2, 0) is 0 Å². The van der Waals surface area contributed by atoms with Crippen LogP contribution in [0.2, 0.25) is 0 Å². The van der Waals surface area contributed by atoms with Gasteiger partial charge in [0.05, 0.1) is 11.0 Å². The number of likely N-dealkylation sites (tertiary alicyclic amines) is 1. The van der Waals surface area contributed by atoms with Crippen LogP contribution in [0.4, 0.5) is 0 Å². The third-order valence-corrected chi connectivity index (χ3v) is 4.06. The van der Waals surface area contributed by atoms with Crippen LogP contribution >= 0.6 is 11.6 Å². The Morgan fingerprint density at radius 1 is 1.35 bits per heavy atom. The Morgan fingerprint density at radius 3 is 2.75 bits per heavy atom. The number of fused-ring (bicyclic) bond motifs is 1. The molecule has 0 saturated carbocycles. The van der Waals surface area contributed by atoms with E-state index in [9.17, 15) is 4.79 Å². The van der Waals surface area contributed by atoms with Gasteiger partial charge in [0.25, 0.3) is 0 Å². The molecule has 2 aromatic rings. The smallest absolute Gasteiger partial charge is 0.306 e. The molecule has 0 radical (unpaired) electrons. The molecule has 1 aromatic carbocycles. The van der Waals surface area contributed by atoms with Crippen LogP contribution in [0.25, 0.3) is 11.0 Å². The monoisotopic (exact) mass is 291 g/mol. The lowest BCUT2D eigenvalue weighted by Crippen LogP contribution is -2.37. The van der Waals surface area contributed by atoms with E-state index in [1.807, 2.05) is 28.8 Å². The molecular formula is C15H18ClN3O. The number of nitrogens with zero attached hydrogens (tertiary/aromatic N) is 2. The summed E-state index contributed by atoms with van der Waals surface area (Å²) in [4.78, 5) is 17.4. The molecule has 0 spiro atoms. The number of hydrogen-bond acceptors (Lipinski definition) is 2. The average molecular weight is 292 g/mol. The molecule has 1 aliphatic rings. The molecule has 20 heavy (non-hydrogen) atoms. The number of hydrogen-bond donors (Lipinski definition) is 1. The van der Waals surface area contributed by atoms with E-state index in [0.717, 1.165) is 43.5 Å². The highest BCUT2D eigenvalue weighted by atomic mass is 35.5. The molecule has 0 bridgehead atoms. The van der Waals surface area contributed by atoms with Gasteiger partial charge in [-0.1, -0.05) is 30.3 Å². The summed E-state index contributed by atoms with van der Waals surface area (Å²) in [5, 5.41) is 0.674. The van der Waals surface area contributed by atoms with Gasteiger partial charge in [-0.3, -0.25) is 9.47 Å². The summed E-state index contributed by atoms with van der Waals surface area (Å²) in [7, 11) is 0. The van der Waals surface area contributed by atoms with Gasteiger partial charge in [0, 0.05) is 30.7 Å². The zero-order valence-electron chi connectivity index (χ0n) is 11.3. The number of H-pyrrole nitrogens is 1. The van der Waals surface area contributed by atoms with E-state index in [-0.39, 0.29) is 11.7 Å². The van der Waals surface area contributed by atoms with Crippen molar-refractivity contribution >= 4 is 22.6 Å². The Morgan fingerprint density at radius 2 is 2.05 bits per heavy atom. The Balaban J connectivity index is 1.82. The van der Waals surface area contributed by atoms with E-state index in [0.29, 0.717) is 5.03 Å². The van der Waals surface area contributed by atoms with E-state index in [1.165, 1.54) is 0 Å². The van der Waals surface area contributed by atoms with Crippen LogP contribution < -0.4 is 5.69 Å². The molecule has 4 nitrogen and oxygen atoms in total. The highest BCUT2D eigenvalue weighted by Crippen LogP contribution is 2.25. The largest absolute Gasteiger partial charge is 0.326 e. The zero-order valence-corrected chi connectivity index (χ0v) is 12.1. The fourth-order valence-corrected chi connectivity index (χ4v) is 3.18. The third kappa shape index (κ3) is 2.53. The quantitative estimate of drug-likeness (QED) is 0.945. The van der Waals surface area contributed by atoms with Crippen molar-refractivity contribution in [3.05, 3.63) is 46.4 Å². The molecule has 5 heteroatoms. The maximum atomic E-state index is 12.2. The lowest BCUT2D eigenvalue weighted by Gasteiger charge is -2.32. The summed E-state index contributed by atoms with van der Waals surface area (Å²) in [6.07, 6.45) is 1.93. The van der Waals surface area contributed by atoms with Crippen LogP contribution in [0.15, 0.2) is 40.7 Å². The molecular weight excluding hydrogens is 274 g/mol. The summed E-state index contributed by atoms with van der Waals surface area (Å²) in [5.74, 6) is 0. The lowest BCUT2D eigenvalue weighted by molar-refractivity contribution is 0.202. The van der Waals surface area contributed by atoms with Crippen molar-refractivity contribution in [2.45, 2.75) is 18.9 Å². The number of benzene rings is 1. The highest BCUT2D eigenvalue weighted by molar-refractivity contribution is 6.29. The van der Waals surface area contributed by atoms with Gasteiger partial charge in [0.15, 0.2) is 0 Å². The van der Waals surface area contributed by atoms with E-state index in [4.69, 9.17) is 11.6 Å². The molecule has 1 saturated heterocycles. The predicted octanol–water partition coefficient (Wildman–Crippen LogP) is 2.72.